The number of hydrogen-bond acceptors (Lipinski definition) is 4. The molecular formula is C23H26N4O2. The van der Waals surface area contributed by atoms with Crippen molar-refractivity contribution in [1.29, 1.82) is 0 Å². The first-order valence-electron chi connectivity index (χ1n) is 9.95. The van der Waals surface area contributed by atoms with Crippen LogP contribution in [-0.2, 0) is 0 Å². The molecule has 1 amide bonds. The van der Waals surface area contributed by atoms with Crippen molar-refractivity contribution in [3.05, 3.63) is 65.7 Å². The second kappa shape index (κ2) is 8.39. The predicted octanol–water partition coefficient (Wildman–Crippen LogP) is 3.75. The van der Waals surface area contributed by atoms with Crippen molar-refractivity contribution in [2.75, 3.05) is 38.2 Å². The van der Waals surface area contributed by atoms with Crippen LogP contribution in [0.25, 0.3) is 11.3 Å². The summed E-state index contributed by atoms with van der Waals surface area (Å²) in [5, 5.41) is 7.64. The van der Waals surface area contributed by atoms with E-state index in [9.17, 15) is 4.79 Å². The number of carbonyl (C=O) groups excluding carboxylic acids is 1. The summed E-state index contributed by atoms with van der Waals surface area (Å²) in [6, 6.07) is 17.8. The molecule has 0 unspecified atom stereocenters. The Labute approximate surface area is 171 Å². The molecule has 0 bridgehead atoms. The Morgan fingerprint density at radius 2 is 1.83 bits per heavy atom. The molecule has 1 N–H and O–H groups in total. The van der Waals surface area contributed by atoms with Gasteiger partial charge < -0.3 is 14.5 Å². The number of rotatable bonds is 4. The molecule has 0 atom stereocenters. The zero-order valence-electron chi connectivity index (χ0n) is 16.9. The molecule has 29 heavy (non-hydrogen) atoms. The summed E-state index contributed by atoms with van der Waals surface area (Å²) >= 11 is 0. The van der Waals surface area contributed by atoms with Crippen LogP contribution in [0.15, 0.2) is 54.6 Å². The Bertz CT molecular complexity index is 981. The first kappa shape index (κ1) is 19.1. The molecule has 4 rings (SSSR count). The molecule has 3 aromatic rings. The maximum Gasteiger partial charge on any atom is 0.254 e. The van der Waals surface area contributed by atoms with E-state index in [-0.39, 0.29) is 5.91 Å². The van der Waals surface area contributed by atoms with E-state index in [1.54, 1.807) is 7.11 Å². The van der Waals surface area contributed by atoms with Gasteiger partial charge >= 0.3 is 0 Å². The average molecular weight is 390 g/mol. The lowest BCUT2D eigenvalue weighted by molar-refractivity contribution is 0.0766. The summed E-state index contributed by atoms with van der Waals surface area (Å²) in [5.41, 5.74) is 3.85. The van der Waals surface area contributed by atoms with E-state index in [0.29, 0.717) is 6.54 Å². The van der Waals surface area contributed by atoms with E-state index in [0.717, 1.165) is 60.0 Å². The van der Waals surface area contributed by atoms with Crippen molar-refractivity contribution >= 4 is 11.7 Å². The molecule has 150 valence electrons. The number of carbonyl (C=O) groups is 1. The molecule has 0 spiro atoms. The largest absolute Gasteiger partial charge is 0.497 e. The minimum atomic E-state index is 0.117. The Kier molecular flexibility index (Phi) is 5.51. The number of nitrogens with one attached hydrogen (secondary N) is 1. The van der Waals surface area contributed by atoms with E-state index in [2.05, 4.69) is 21.2 Å². The lowest BCUT2D eigenvalue weighted by Crippen LogP contribution is -2.35. The molecule has 1 aliphatic rings. The van der Waals surface area contributed by atoms with Crippen molar-refractivity contribution in [3.8, 4) is 17.0 Å². The Morgan fingerprint density at radius 3 is 2.59 bits per heavy atom. The Hall–Kier alpha value is -3.28. The highest BCUT2D eigenvalue weighted by atomic mass is 16.5. The van der Waals surface area contributed by atoms with Gasteiger partial charge in [0, 0.05) is 37.8 Å². The molecule has 1 saturated heterocycles. The quantitative estimate of drug-likeness (QED) is 0.737. The van der Waals surface area contributed by atoms with Gasteiger partial charge in [0.25, 0.3) is 5.91 Å². The van der Waals surface area contributed by atoms with Gasteiger partial charge in [0.2, 0.25) is 0 Å². The molecule has 1 aromatic heterocycles. The summed E-state index contributed by atoms with van der Waals surface area (Å²) in [4.78, 5) is 17.1. The van der Waals surface area contributed by atoms with Crippen molar-refractivity contribution < 1.29 is 9.53 Å². The summed E-state index contributed by atoms with van der Waals surface area (Å²) < 4.78 is 5.22. The van der Waals surface area contributed by atoms with Crippen LogP contribution in [-0.4, -0.2) is 54.3 Å². The van der Waals surface area contributed by atoms with Crippen molar-refractivity contribution in [3.63, 3.8) is 0 Å². The summed E-state index contributed by atoms with van der Waals surface area (Å²) in [7, 11) is 1.66. The summed E-state index contributed by atoms with van der Waals surface area (Å²) in [5.74, 6) is 1.87. The highest BCUT2D eigenvalue weighted by molar-refractivity contribution is 5.95. The van der Waals surface area contributed by atoms with E-state index in [1.165, 1.54) is 0 Å². The minimum Gasteiger partial charge on any atom is -0.497 e. The van der Waals surface area contributed by atoms with Crippen LogP contribution in [0.2, 0.25) is 0 Å². The maximum atomic E-state index is 12.9. The SMILES string of the molecule is COc1ccc(-c2cc(N3CCCN(C(=O)c4ccccc4C)CC3)n[nH]2)cc1. The number of aromatic nitrogens is 2. The molecule has 1 fully saturated rings. The molecule has 1 aliphatic heterocycles. The summed E-state index contributed by atoms with van der Waals surface area (Å²) in [6.07, 6.45) is 0.919. The fourth-order valence-electron chi connectivity index (χ4n) is 3.72. The molecule has 0 radical (unpaired) electrons. The zero-order chi connectivity index (χ0) is 20.2. The van der Waals surface area contributed by atoms with Crippen LogP contribution in [0.3, 0.4) is 0 Å². The first-order valence-corrected chi connectivity index (χ1v) is 9.95. The standard InChI is InChI=1S/C23H26N4O2/c1-17-6-3-4-7-20(17)23(28)27-13-5-12-26(14-15-27)22-16-21(24-25-22)18-8-10-19(29-2)11-9-18/h3-4,6-11,16H,5,12-15H2,1-2H3,(H,24,25). The van der Waals surface area contributed by atoms with Crippen LogP contribution < -0.4 is 9.64 Å². The number of hydrogen-bond donors (Lipinski definition) is 1. The molecule has 6 nitrogen and oxygen atoms in total. The third-order valence-corrected chi connectivity index (χ3v) is 5.45. The van der Waals surface area contributed by atoms with Crippen LogP contribution in [0.1, 0.15) is 22.3 Å². The number of aryl methyl sites for hydroxylation is 1. The number of aromatic amines is 1. The second-order valence-corrected chi connectivity index (χ2v) is 7.32. The lowest BCUT2D eigenvalue weighted by atomic mass is 10.1. The molecule has 0 saturated carbocycles. The van der Waals surface area contributed by atoms with E-state index < -0.39 is 0 Å². The predicted molar refractivity (Wildman–Crippen MR) is 114 cm³/mol. The van der Waals surface area contributed by atoms with Gasteiger partial charge in [-0.3, -0.25) is 9.89 Å². The lowest BCUT2D eigenvalue weighted by Gasteiger charge is -2.22. The normalized spacial score (nSPS) is 14.6. The van der Waals surface area contributed by atoms with Gasteiger partial charge in [0.05, 0.1) is 12.8 Å². The molecular weight excluding hydrogens is 364 g/mol. The van der Waals surface area contributed by atoms with Gasteiger partial charge in [-0.15, -0.1) is 0 Å². The van der Waals surface area contributed by atoms with Gasteiger partial charge in [-0.1, -0.05) is 18.2 Å². The Morgan fingerprint density at radius 1 is 1.03 bits per heavy atom. The first-order chi connectivity index (χ1) is 14.2. The van der Waals surface area contributed by atoms with Crippen LogP contribution in [0.5, 0.6) is 5.75 Å². The monoisotopic (exact) mass is 390 g/mol. The second-order valence-electron chi connectivity index (χ2n) is 7.32. The van der Waals surface area contributed by atoms with Gasteiger partial charge in [0.1, 0.15) is 5.75 Å². The molecule has 0 aliphatic carbocycles. The molecule has 6 heteroatoms. The number of amides is 1. The number of nitrogens with zero attached hydrogens (tertiary/aromatic N) is 3. The Balaban J connectivity index is 1.44. The molecule has 2 heterocycles. The van der Waals surface area contributed by atoms with Gasteiger partial charge in [-0.25, -0.2) is 0 Å². The van der Waals surface area contributed by atoms with E-state index in [4.69, 9.17) is 4.74 Å². The van der Waals surface area contributed by atoms with Crippen LogP contribution >= 0.6 is 0 Å². The summed E-state index contributed by atoms with van der Waals surface area (Å²) in [6.45, 7) is 5.09. The number of H-pyrrole nitrogens is 1. The van der Waals surface area contributed by atoms with Gasteiger partial charge in [-0.2, -0.15) is 5.10 Å². The van der Waals surface area contributed by atoms with Crippen molar-refractivity contribution in [1.82, 2.24) is 15.1 Å². The van der Waals surface area contributed by atoms with E-state index >= 15 is 0 Å². The van der Waals surface area contributed by atoms with Gasteiger partial charge in [-0.05, 0) is 54.8 Å². The van der Waals surface area contributed by atoms with E-state index in [1.807, 2.05) is 60.4 Å². The van der Waals surface area contributed by atoms with Crippen molar-refractivity contribution in [2.24, 2.45) is 0 Å². The number of methoxy groups -OCH3 is 1. The number of ether oxygens (including phenoxy) is 1. The van der Waals surface area contributed by atoms with Gasteiger partial charge in [0.15, 0.2) is 5.82 Å². The number of anilines is 1. The highest BCUT2D eigenvalue weighted by Gasteiger charge is 2.22. The molecule has 2 aromatic carbocycles. The highest BCUT2D eigenvalue weighted by Crippen LogP contribution is 2.25. The van der Waals surface area contributed by atoms with Crippen molar-refractivity contribution in [2.45, 2.75) is 13.3 Å². The number of benzene rings is 2. The maximum absolute atomic E-state index is 12.9. The average Bonchev–Trinajstić information content (AvgIpc) is 3.12. The fourth-order valence-corrected chi connectivity index (χ4v) is 3.72. The van der Waals surface area contributed by atoms with Crippen LogP contribution in [0, 0.1) is 6.92 Å². The smallest absolute Gasteiger partial charge is 0.254 e. The topological polar surface area (TPSA) is 61.5 Å². The fraction of sp³-hybridized carbons (Fsp3) is 0.304. The minimum absolute atomic E-state index is 0.117. The third-order valence-electron chi connectivity index (χ3n) is 5.45. The van der Waals surface area contributed by atoms with Crippen LogP contribution in [0.4, 0.5) is 5.82 Å². The zero-order valence-corrected chi connectivity index (χ0v) is 16.9. The third kappa shape index (κ3) is 4.11.